The van der Waals surface area contributed by atoms with E-state index in [9.17, 15) is 18.0 Å². The maximum Gasteiger partial charge on any atom is 0.328 e. The molecule has 0 aliphatic carbocycles. The Morgan fingerprint density at radius 3 is 2.62 bits per heavy atom. The smallest absolute Gasteiger partial charge is 0.328 e. The van der Waals surface area contributed by atoms with Gasteiger partial charge in [-0.25, -0.2) is 13.2 Å². The lowest BCUT2D eigenvalue weighted by atomic mass is 10.2. The van der Waals surface area contributed by atoms with Gasteiger partial charge < -0.3 is 10.1 Å². The minimum atomic E-state index is -3.41. The van der Waals surface area contributed by atoms with Crippen molar-refractivity contribution in [3.63, 3.8) is 0 Å². The molecule has 0 aromatic heterocycles. The molecule has 0 spiro atoms. The zero-order chi connectivity index (χ0) is 16.0. The van der Waals surface area contributed by atoms with Gasteiger partial charge in [-0.05, 0) is 33.1 Å². The van der Waals surface area contributed by atoms with Crippen LogP contribution in [0, 0.1) is 0 Å². The Bertz CT molecular complexity index is 477. The van der Waals surface area contributed by atoms with Gasteiger partial charge in [-0.3, -0.25) is 4.79 Å². The molecule has 0 bridgehead atoms. The van der Waals surface area contributed by atoms with Crippen LogP contribution in [0.4, 0.5) is 0 Å². The number of carbonyl (C=O) groups is 2. The normalized spacial score (nSPS) is 21.0. The number of hydrogen-bond acceptors (Lipinski definition) is 5. The van der Waals surface area contributed by atoms with Crippen LogP contribution in [-0.4, -0.2) is 55.6 Å². The van der Waals surface area contributed by atoms with Gasteiger partial charge in [-0.1, -0.05) is 6.92 Å². The molecule has 1 heterocycles. The predicted octanol–water partition coefficient (Wildman–Crippen LogP) is 0.258. The highest BCUT2D eigenvalue weighted by Crippen LogP contribution is 2.22. The van der Waals surface area contributed by atoms with E-state index in [1.165, 1.54) is 11.2 Å². The fraction of sp³-hybridized carbons (Fsp3) is 0.846. The fourth-order valence-electron chi connectivity index (χ4n) is 2.35. The maximum atomic E-state index is 12.2. The van der Waals surface area contributed by atoms with Crippen molar-refractivity contribution in [2.45, 2.75) is 52.1 Å². The van der Waals surface area contributed by atoms with Crippen LogP contribution >= 0.6 is 0 Å². The number of hydrogen-bond donors (Lipinski definition) is 1. The molecule has 0 saturated carbocycles. The molecule has 1 aliphatic rings. The number of nitrogens with zero attached hydrogens (tertiary/aromatic N) is 1. The third kappa shape index (κ3) is 4.67. The summed E-state index contributed by atoms with van der Waals surface area (Å²) in [4.78, 5) is 23.7. The molecule has 1 rings (SSSR count). The molecule has 0 aromatic rings. The maximum absolute atomic E-state index is 12.2. The summed E-state index contributed by atoms with van der Waals surface area (Å²) in [5.41, 5.74) is 0. The van der Waals surface area contributed by atoms with Gasteiger partial charge in [0.1, 0.15) is 12.1 Å². The van der Waals surface area contributed by atoms with E-state index in [1.54, 1.807) is 13.8 Å². The first-order chi connectivity index (χ1) is 9.83. The fourth-order valence-corrected chi connectivity index (χ4v) is 4.09. The molecular formula is C13H24N2O5S. The number of ether oxygens (including phenoxy) is 1. The molecule has 0 radical (unpaired) electrons. The Morgan fingerprint density at radius 2 is 2.05 bits per heavy atom. The number of carbonyl (C=O) groups excluding carboxylic acids is 2. The molecule has 122 valence electrons. The van der Waals surface area contributed by atoms with Gasteiger partial charge in [0.2, 0.25) is 15.9 Å². The largest absolute Gasteiger partial charge is 0.464 e. The lowest BCUT2D eigenvalue weighted by Gasteiger charge is -2.24. The highest BCUT2D eigenvalue weighted by atomic mass is 32.2. The van der Waals surface area contributed by atoms with Gasteiger partial charge in [0.05, 0.1) is 12.4 Å². The van der Waals surface area contributed by atoms with Gasteiger partial charge in [-0.2, -0.15) is 4.31 Å². The van der Waals surface area contributed by atoms with Crippen LogP contribution < -0.4 is 5.32 Å². The molecule has 21 heavy (non-hydrogen) atoms. The summed E-state index contributed by atoms with van der Waals surface area (Å²) >= 11 is 0. The van der Waals surface area contributed by atoms with E-state index in [0.717, 1.165) is 0 Å². The molecule has 8 heteroatoms. The summed E-state index contributed by atoms with van der Waals surface area (Å²) in [7, 11) is -3.41. The molecule has 1 fully saturated rings. The van der Waals surface area contributed by atoms with E-state index in [4.69, 9.17) is 4.74 Å². The quantitative estimate of drug-likeness (QED) is 0.679. The van der Waals surface area contributed by atoms with Gasteiger partial charge in [0, 0.05) is 6.54 Å². The lowest BCUT2D eigenvalue weighted by molar-refractivity contribution is -0.147. The first-order valence-corrected chi connectivity index (χ1v) is 8.91. The third-order valence-electron chi connectivity index (χ3n) is 3.32. The van der Waals surface area contributed by atoms with E-state index >= 15 is 0 Å². The Balaban J connectivity index is 2.71. The number of nitrogens with one attached hydrogen (secondary N) is 1. The molecule has 2 unspecified atom stereocenters. The van der Waals surface area contributed by atoms with Gasteiger partial charge in [0.15, 0.2) is 0 Å². The number of esters is 1. The van der Waals surface area contributed by atoms with E-state index in [-0.39, 0.29) is 12.4 Å². The van der Waals surface area contributed by atoms with Crippen LogP contribution in [0.15, 0.2) is 0 Å². The Hall–Kier alpha value is -1.15. The average Bonchev–Trinajstić information content (AvgIpc) is 2.88. The minimum Gasteiger partial charge on any atom is -0.464 e. The van der Waals surface area contributed by atoms with Crippen molar-refractivity contribution in [1.82, 2.24) is 9.62 Å². The standard InChI is InChI=1S/C13H24N2O5S/c1-4-9-21(18,19)15-8-6-7-11(15)12(16)14-10(3)13(17)20-5-2/h10-11H,4-9H2,1-3H3,(H,14,16). The molecule has 7 nitrogen and oxygen atoms in total. The molecule has 1 saturated heterocycles. The molecular weight excluding hydrogens is 296 g/mol. The zero-order valence-electron chi connectivity index (χ0n) is 12.8. The molecule has 1 amide bonds. The first-order valence-electron chi connectivity index (χ1n) is 7.30. The second kappa shape index (κ2) is 7.74. The van der Waals surface area contributed by atoms with Crippen molar-refractivity contribution in [1.29, 1.82) is 0 Å². The van der Waals surface area contributed by atoms with E-state index < -0.39 is 34.0 Å². The Morgan fingerprint density at radius 1 is 1.38 bits per heavy atom. The van der Waals surface area contributed by atoms with Crippen molar-refractivity contribution < 1.29 is 22.7 Å². The van der Waals surface area contributed by atoms with Gasteiger partial charge in [0.25, 0.3) is 0 Å². The minimum absolute atomic E-state index is 0.0320. The van der Waals surface area contributed by atoms with Crippen molar-refractivity contribution >= 4 is 21.9 Å². The van der Waals surface area contributed by atoms with Crippen LogP contribution in [-0.2, 0) is 24.3 Å². The van der Waals surface area contributed by atoms with E-state index in [1.807, 2.05) is 0 Å². The predicted molar refractivity (Wildman–Crippen MR) is 78.0 cm³/mol. The Labute approximate surface area is 126 Å². The zero-order valence-corrected chi connectivity index (χ0v) is 13.6. The monoisotopic (exact) mass is 320 g/mol. The second-order valence-corrected chi connectivity index (χ2v) is 7.11. The van der Waals surface area contributed by atoms with E-state index in [0.29, 0.717) is 25.8 Å². The summed E-state index contributed by atoms with van der Waals surface area (Å²) in [5, 5.41) is 2.53. The van der Waals surface area contributed by atoms with Crippen LogP contribution in [0.25, 0.3) is 0 Å². The molecule has 1 N–H and O–H groups in total. The van der Waals surface area contributed by atoms with Crippen molar-refractivity contribution in [3.8, 4) is 0 Å². The summed E-state index contributed by atoms with van der Waals surface area (Å²) < 4.78 is 30.3. The molecule has 1 aliphatic heterocycles. The van der Waals surface area contributed by atoms with Crippen LogP contribution in [0.2, 0.25) is 0 Å². The van der Waals surface area contributed by atoms with Crippen molar-refractivity contribution in [2.75, 3.05) is 18.9 Å². The summed E-state index contributed by atoms with van der Waals surface area (Å²) in [6, 6.07) is -1.51. The van der Waals surface area contributed by atoms with Crippen molar-refractivity contribution in [2.24, 2.45) is 0 Å². The first kappa shape index (κ1) is 17.9. The summed E-state index contributed by atoms with van der Waals surface area (Å²) in [5.74, 6) is -0.927. The number of sulfonamides is 1. The van der Waals surface area contributed by atoms with Crippen molar-refractivity contribution in [3.05, 3.63) is 0 Å². The van der Waals surface area contributed by atoms with Gasteiger partial charge >= 0.3 is 5.97 Å². The van der Waals surface area contributed by atoms with Crippen LogP contribution in [0.3, 0.4) is 0 Å². The lowest BCUT2D eigenvalue weighted by Crippen LogP contribution is -2.50. The van der Waals surface area contributed by atoms with E-state index in [2.05, 4.69) is 5.32 Å². The third-order valence-corrected chi connectivity index (χ3v) is 5.40. The highest BCUT2D eigenvalue weighted by Gasteiger charge is 2.38. The van der Waals surface area contributed by atoms with Gasteiger partial charge in [-0.15, -0.1) is 0 Å². The topological polar surface area (TPSA) is 92.8 Å². The second-order valence-electron chi connectivity index (χ2n) is 5.07. The Kier molecular flexibility index (Phi) is 6.60. The van der Waals surface area contributed by atoms with Crippen LogP contribution in [0.5, 0.6) is 0 Å². The summed E-state index contributed by atoms with van der Waals surface area (Å²) in [6.07, 6.45) is 1.63. The SMILES string of the molecule is CCCS(=O)(=O)N1CCCC1C(=O)NC(C)C(=O)OCC. The summed E-state index contributed by atoms with van der Waals surface area (Å²) in [6.45, 7) is 5.58. The highest BCUT2D eigenvalue weighted by molar-refractivity contribution is 7.89. The molecule has 0 aromatic carbocycles. The number of amides is 1. The molecule has 2 atom stereocenters. The average molecular weight is 320 g/mol. The van der Waals surface area contributed by atoms with Crippen LogP contribution in [0.1, 0.15) is 40.0 Å². The number of rotatable bonds is 7.